The number of aromatic nitrogens is 2. The van der Waals surface area contributed by atoms with Gasteiger partial charge in [-0.2, -0.15) is 11.8 Å². The number of hydrogen-bond acceptors (Lipinski definition) is 5. The van der Waals surface area contributed by atoms with Gasteiger partial charge in [-0.3, -0.25) is 9.59 Å². The molecule has 7 heteroatoms. The number of nitrogens with zero attached hydrogens (tertiary/aromatic N) is 2. The van der Waals surface area contributed by atoms with Crippen molar-refractivity contribution in [3.05, 3.63) is 62.0 Å². The number of nitrogens with one attached hydrogen (secondary N) is 1. The van der Waals surface area contributed by atoms with E-state index in [1.54, 1.807) is 23.1 Å². The van der Waals surface area contributed by atoms with E-state index in [4.69, 9.17) is 4.98 Å². The lowest BCUT2D eigenvalue weighted by atomic mass is 9.91. The Labute approximate surface area is 203 Å². The molecule has 0 spiro atoms. The minimum atomic E-state index is -0.000915. The van der Waals surface area contributed by atoms with Gasteiger partial charge in [-0.15, -0.1) is 11.3 Å². The fourth-order valence-corrected chi connectivity index (χ4v) is 7.19. The largest absolute Gasteiger partial charge is 0.342 e. The van der Waals surface area contributed by atoms with Crippen LogP contribution in [0.25, 0.3) is 10.2 Å². The van der Waals surface area contributed by atoms with Crippen molar-refractivity contribution in [1.29, 1.82) is 0 Å². The summed E-state index contributed by atoms with van der Waals surface area (Å²) in [5, 5.41) is 0.807. The second-order valence-corrected chi connectivity index (χ2v) is 11.6. The highest BCUT2D eigenvalue weighted by atomic mass is 32.2. The number of carbonyl (C=O) groups excluding carboxylic acids is 1. The highest BCUT2D eigenvalue weighted by Gasteiger charge is 2.24. The van der Waals surface area contributed by atoms with E-state index < -0.39 is 0 Å². The SMILES string of the molecule is Cc1ccc(CC2CCCN(C(=O)CCSCc3nc4sc5c(c4c(=O)[nH]3)CCC5)C2)cc1. The van der Waals surface area contributed by atoms with Crippen LogP contribution in [0.2, 0.25) is 0 Å². The molecule has 1 saturated heterocycles. The normalized spacial score (nSPS) is 18.1. The lowest BCUT2D eigenvalue weighted by Crippen LogP contribution is -2.40. The maximum absolute atomic E-state index is 12.8. The number of hydrogen-bond donors (Lipinski definition) is 1. The summed E-state index contributed by atoms with van der Waals surface area (Å²) < 4.78 is 0. The fraction of sp³-hybridized carbons (Fsp3) is 0.500. The number of H-pyrrole nitrogens is 1. The number of fused-ring (bicyclic) bond motifs is 3. The molecule has 0 radical (unpaired) electrons. The summed E-state index contributed by atoms with van der Waals surface area (Å²) in [5.41, 5.74) is 3.87. The summed E-state index contributed by atoms with van der Waals surface area (Å²) in [6, 6.07) is 8.77. The van der Waals surface area contributed by atoms with Crippen LogP contribution in [0.5, 0.6) is 0 Å². The number of thiophene rings is 1. The summed E-state index contributed by atoms with van der Waals surface area (Å²) >= 11 is 3.35. The first-order chi connectivity index (χ1) is 16.1. The Morgan fingerprint density at radius 1 is 1.24 bits per heavy atom. The zero-order chi connectivity index (χ0) is 22.8. The molecular formula is C26H31N3O2S2. The topological polar surface area (TPSA) is 66.1 Å². The first-order valence-corrected chi connectivity index (χ1v) is 14.0. The second-order valence-electron chi connectivity index (χ2n) is 9.39. The highest BCUT2D eigenvalue weighted by molar-refractivity contribution is 7.98. The van der Waals surface area contributed by atoms with Gasteiger partial charge in [-0.1, -0.05) is 29.8 Å². The predicted octanol–water partition coefficient (Wildman–Crippen LogP) is 4.89. The molecule has 174 valence electrons. The number of carbonyl (C=O) groups is 1. The quantitative estimate of drug-likeness (QED) is 0.488. The van der Waals surface area contributed by atoms with Crippen LogP contribution in [0.4, 0.5) is 0 Å². The smallest absolute Gasteiger partial charge is 0.259 e. The lowest BCUT2D eigenvalue weighted by Gasteiger charge is -2.33. The minimum Gasteiger partial charge on any atom is -0.342 e. The molecule has 3 aromatic rings. The van der Waals surface area contributed by atoms with E-state index in [0.29, 0.717) is 18.1 Å². The molecule has 3 heterocycles. The van der Waals surface area contributed by atoms with Crippen LogP contribution in [0, 0.1) is 12.8 Å². The second kappa shape index (κ2) is 10.0. The summed E-state index contributed by atoms with van der Waals surface area (Å²) in [6.45, 7) is 3.86. The van der Waals surface area contributed by atoms with Crippen molar-refractivity contribution in [2.75, 3.05) is 18.8 Å². The number of aryl methyl sites for hydroxylation is 3. The summed E-state index contributed by atoms with van der Waals surface area (Å²) in [7, 11) is 0. The number of piperidine rings is 1. The van der Waals surface area contributed by atoms with Crippen LogP contribution in [-0.2, 0) is 29.8 Å². The van der Waals surface area contributed by atoms with Gasteiger partial charge in [0.15, 0.2) is 0 Å². The molecule has 1 atom stereocenters. The van der Waals surface area contributed by atoms with Gasteiger partial charge in [-0.25, -0.2) is 4.98 Å². The van der Waals surface area contributed by atoms with E-state index in [0.717, 1.165) is 67.0 Å². The Bertz CT molecular complexity index is 1200. The van der Waals surface area contributed by atoms with Crippen molar-refractivity contribution < 1.29 is 4.79 Å². The van der Waals surface area contributed by atoms with Gasteiger partial charge in [0.2, 0.25) is 5.91 Å². The van der Waals surface area contributed by atoms with Gasteiger partial charge in [0, 0.05) is 30.1 Å². The molecule has 1 aliphatic carbocycles. The van der Waals surface area contributed by atoms with E-state index in [1.165, 1.54) is 28.0 Å². The summed E-state index contributed by atoms with van der Waals surface area (Å²) in [6.07, 6.45) is 7.09. The number of aromatic amines is 1. The molecule has 0 bridgehead atoms. The highest BCUT2D eigenvalue weighted by Crippen LogP contribution is 2.34. The van der Waals surface area contributed by atoms with Crippen LogP contribution in [0.15, 0.2) is 29.1 Å². The number of thioether (sulfide) groups is 1. The molecule has 33 heavy (non-hydrogen) atoms. The standard InChI is InChI=1S/C26H31N3O2S2/c1-17-7-9-18(10-8-17)14-19-4-3-12-29(15-19)23(30)11-13-32-16-22-27-25(31)24-20-5-2-6-21(20)33-26(24)28-22/h7-10,19H,2-6,11-16H2,1H3,(H,27,28,31). The third-order valence-corrected chi connectivity index (χ3v) is 9.00. The Hall–Kier alpha value is -2.12. The molecule has 1 amide bonds. The van der Waals surface area contributed by atoms with Crippen molar-refractivity contribution in [2.24, 2.45) is 5.92 Å². The van der Waals surface area contributed by atoms with Crippen molar-refractivity contribution in [2.45, 2.75) is 57.6 Å². The molecule has 0 saturated carbocycles. The Kier molecular flexibility index (Phi) is 6.88. The fourth-order valence-electron chi connectivity index (χ4n) is 5.12. The van der Waals surface area contributed by atoms with Crippen molar-refractivity contribution >= 4 is 39.2 Å². The van der Waals surface area contributed by atoms with Gasteiger partial charge in [-0.05, 0) is 62.5 Å². The minimum absolute atomic E-state index is 0.000915. The third-order valence-electron chi connectivity index (χ3n) is 6.84. The summed E-state index contributed by atoms with van der Waals surface area (Å²) in [4.78, 5) is 37.3. The Balaban J connectivity index is 1.10. The molecular weight excluding hydrogens is 450 g/mol. The molecule has 2 aliphatic rings. The van der Waals surface area contributed by atoms with Gasteiger partial charge in [0.25, 0.3) is 5.56 Å². The van der Waals surface area contributed by atoms with Gasteiger partial charge in [0.1, 0.15) is 10.7 Å². The summed E-state index contributed by atoms with van der Waals surface area (Å²) in [5.74, 6) is 2.91. The van der Waals surface area contributed by atoms with E-state index >= 15 is 0 Å². The average Bonchev–Trinajstić information content (AvgIpc) is 3.39. The number of likely N-dealkylation sites (tertiary alicyclic amines) is 1. The zero-order valence-electron chi connectivity index (χ0n) is 19.2. The monoisotopic (exact) mass is 481 g/mol. The molecule has 1 fully saturated rings. The molecule has 1 aliphatic heterocycles. The Morgan fingerprint density at radius 2 is 2.09 bits per heavy atom. The van der Waals surface area contributed by atoms with Crippen LogP contribution in [-0.4, -0.2) is 39.6 Å². The van der Waals surface area contributed by atoms with Crippen molar-refractivity contribution in [3.8, 4) is 0 Å². The molecule has 2 aromatic heterocycles. The van der Waals surface area contributed by atoms with Crippen LogP contribution < -0.4 is 5.56 Å². The maximum atomic E-state index is 12.8. The number of benzene rings is 1. The predicted molar refractivity (Wildman–Crippen MR) is 137 cm³/mol. The van der Waals surface area contributed by atoms with Crippen molar-refractivity contribution in [3.63, 3.8) is 0 Å². The molecule has 1 unspecified atom stereocenters. The van der Waals surface area contributed by atoms with Gasteiger partial charge >= 0.3 is 0 Å². The molecule has 1 N–H and O–H groups in total. The van der Waals surface area contributed by atoms with Crippen LogP contribution in [0.1, 0.15) is 53.1 Å². The first-order valence-electron chi connectivity index (χ1n) is 12.0. The van der Waals surface area contributed by atoms with Crippen LogP contribution >= 0.6 is 23.1 Å². The molecule has 5 nitrogen and oxygen atoms in total. The molecule has 1 aromatic carbocycles. The zero-order valence-corrected chi connectivity index (χ0v) is 20.8. The number of amides is 1. The van der Waals surface area contributed by atoms with E-state index in [9.17, 15) is 9.59 Å². The van der Waals surface area contributed by atoms with Gasteiger partial charge < -0.3 is 9.88 Å². The maximum Gasteiger partial charge on any atom is 0.259 e. The van der Waals surface area contributed by atoms with Gasteiger partial charge in [0.05, 0.1) is 11.1 Å². The average molecular weight is 482 g/mol. The van der Waals surface area contributed by atoms with Crippen LogP contribution in [0.3, 0.4) is 0 Å². The lowest BCUT2D eigenvalue weighted by molar-refractivity contribution is -0.132. The number of rotatable bonds is 7. The van der Waals surface area contributed by atoms with E-state index in [-0.39, 0.29) is 11.5 Å². The molecule has 5 rings (SSSR count). The Morgan fingerprint density at radius 3 is 2.94 bits per heavy atom. The van der Waals surface area contributed by atoms with E-state index in [2.05, 4.69) is 41.1 Å². The van der Waals surface area contributed by atoms with E-state index in [1.807, 2.05) is 0 Å². The third kappa shape index (κ3) is 5.19. The van der Waals surface area contributed by atoms with Crippen molar-refractivity contribution in [1.82, 2.24) is 14.9 Å². The first kappa shape index (κ1) is 22.7.